The molecule has 1 atom stereocenters. The van der Waals surface area contributed by atoms with Crippen molar-refractivity contribution >= 4 is 5.71 Å². The standard InChI is InChI=1S/C11H12FNO2/c1-14-9-4-2-3-8(5-9)11-6-10(7-12)15-13-11/h2-5,10H,6-7H2,1H3. The van der Waals surface area contributed by atoms with Crippen molar-refractivity contribution in [3.63, 3.8) is 0 Å². The first-order chi connectivity index (χ1) is 7.33. The van der Waals surface area contributed by atoms with Gasteiger partial charge in [-0.15, -0.1) is 0 Å². The molecule has 0 saturated carbocycles. The normalized spacial score (nSPS) is 19.6. The Morgan fingerprint density at radius 2 is 2.47 bits per heavy atom. The summed E-state index contributed by atoms with van der Waals surface area (Å²) in [5, 5.41) is 3.85. The maximum atomic E-state index is 12.3. The Kier molecular flexibility index (Phi) is 2.85. The third-order valence-electron chi connectivity index (χ3n) is 2.31. The minimum atomic E-state index is -0.503. The van der Waals surface area contributed by atoms with Crippen molar-refractivity contribution in [1.82, 2.24) is 0 Å². The predicted octanol–water partition coefficient (Wildman–Crippen LogP) is 2.16. The Balaban J connectivity index is 2.16. The van der Waals surface area contributed by atoms with Gasteiger partial charge in [-0.25, -0.2) is 4.39 Å². The van der Waals surface area contributed by atoms with Crippen LogP contribution in [0.3, 0.4) is 0 Å². The van der Waals surface area contributed by atoms with Crippen molar-refractivity contribution in [2.45, 2.75) is 12.5 Å². The molecule has 80 valence electrons. The zero-order valence-corrected chi connectivity index (χ0v) is 8.44. The third kappa shape index (κ3) is 2.09. The summed E-state index contributed by atoms with van der Waals surface area (Å²) in [5.41, 5.74) is 1.70. The van der Waals surface area contributed by atoms with Crippen molar-refractivity contribution in [1.29, 1.82) is 0 Å². The van der Waals surface area contributed by atoms with Gasteiger partial charge >= 0.3 is 0 Å². The highest BCUT2D eigenvalue weighted by molar-refractivity contribution is 6.01. The number of nitrogens with zero attached hydrogens (tertiary/aromatic N) is 1. The average molecular weight is 209 g/mol. The number of rotatable bonds is 3. The van der Waals surface area contributed by atoms with Crippen LogP contribution in [-0.4, -0.2) is 25.6 Å². The highest BCUT2D eigenvalue weighted by Gasteiger charge is 2.21. The largest absolute Gasteiger partial charge is 0.497 e. The van der Waals surface area contributed by atoms with E-state index in [-0.39, 0.29) is 0 Å². The molecule has 0 fully saturated rings. The van der Waals surface area contributed by atoms with Gasteiger partial charge in [0.2, 0.25) is 0 Å². The molecule has 1 aromatic rings. The Hall–Kier alpha value is -1.58. The minimum Gasteiger partial charge on any atom is -0.497 e. The number of halogens is 1. The highest BCUT2D eigenvalue weighted by Crippen LogP contribution is 2.20. The first-order valence-electron chi connectivity index (χ1n) is 4.76. The van der Waals surface area contributed by atoms with E-state index < -0.39 is 12.8 Å². The van der Waals surface area contributed by atoms with E-state index in [1.807, 2.05) is 24.3 Å². The van der Waals surface area contributed by atoms with E-state index in [4.69, 9.17) is 9.57 Å². The van der Waals surface area contributed by atoms with Crippen molar-refractivity contribution < 1.29 is 14.0 Å². The van der Waals surface area contributed by atoms with E-state index in [9.17, 15) is 4.39 Å². The lowest BCUT2D eigenvalue weighted by molar-refractivity contribution is 0.0656. The molecule has 1 heterocycles. The zero-order valence-electron chi connectivity index (χ0n) is 8.44. The molecule has 0 bridgehead atoms. The van der Waals surface area contributed by atoms with E-state index in [0.29, 0.717) is 6.42 Å². The van der Waals surface area contributed by atoms with Gasteiger partial charge in [-0.05, 0) is 12.1 Å². The second kappa shape index (κ2) is 4.29. The first-order valence-corrected chi connectivity index (χ1v) is 4.76. The molecular formula is C11H12FNO2. The van der Waals surface area contributed by atoms with Gasteiger partial charge in [0, 0.05) is 12.0 Å². The molecule has 0 spiro atoms. The smallest absolute Gasteiger partial charge is 0.161 e. The van der Waals surface area contributed by atoms with Crippen LogP contribution in [0.2, 0.25) is 0 Å². The van der Waals surface area contributed by atoms with Crippen molar-refractivity contribution in [3.05, 3.63) is 29.8 Å². The fourth-order valence-electron chi connectivity index (χ4n) is 1.48. The molecule has 0 amide bonds. The molecular weight excluding hydrogens is 197 g/mol. The van der Waals surface area contributed by atoms with Crippen LogP contribution in [0.1, 0.15) is 12.0 Å². The van der Waals surface area contributed by atoms with Gasteiger partial charge in [0.15, 0.2) is 6.10 Å². The second-order valence-corrected chi connectivity index (χ2v) is 3.36. The number of hydrogen-bond acceptors (Lipinski definition) is 3. The number of benzene rings is 1. The van der Waals surface area contributed by atoms with Crippen molar-refractivity contribution in [2.75, 3.05) is 13.8 Å². The summed E-state index contributed by atoms with van der Waals surface area (Å²) in [6.45, 7) is -0.503. The van der Waals surface area contributed by atoms with Crippen LogP contribution in [0.4, 0.5) is 4.39 Å². The molecule has 1 aliphatic heterocycles. The lowest BCUT2D eigenvalue weighted by atomic mass is 10.1. The van der Waals surface area contributed by atoms with Crippen molar-refractivity contribution in [2.24, 2.45) is 5.16 Å². The first kappa shape index (κ1) is 9.96. The Morgan fingerprint density at radius 1 is 1.60 bits per heavy atom. The van der Waals surface area contributed by atoms with Gasteiger partial charge in [-0.2, -0.15) is 0 Å². The molecule has 3 nitrogen and oxygen atoms in total. The lowest BCUT2D eigenvalue weighted by Gasteiger charge is -2.03. The molecule has 0 radical (unpaired) electrons. The molecule has 0 aliphatic carbocycles. The van der Waals surface area contributed by atoms with Crippen LogP contribution in [0, 0.1) is 0 Å². The summed E-state index contributed by atoms with van der Waals surface area (Å²) in [6, 6.07) is 7.50. The molecule has 2 rings (SSSR count). The molecule has 15 heavy (non-hydrogen) atoms. The Bertz CT molecular complexity index is 379. The molecule has 0 saturated heterocycles. The summed E-state index contributed by atoms with van der Waals surface area (Å²) in [7, 11) is 1.61. The Morgan fingerprint density at radius 3 is 3.13 bits per heavy atom. The lowest BCUT2D eigenvalue weighted by Crippen LogP contribution is -2.10. The predicted molar refractivity (Wildman–Crippen MR) is 55.0 cm³/mol. The van der Waals surface area contributed by atoms with E-state index in [2.05, 4.69) is 5.16 Å². The number of hydrogen-bond donors (Lipinski definition) is 0. The van der Waals surface area contributed by atoms with Crippen LogP contribution in [0.15, 0.2) is 29.4 Å². The summed E-state index contributed by atoms with van der Waals surface area (Å²) in [5.74, 6) is 0.763. The van der Waals surface area contributed by atoms with Crippen LogP contribution < -0.4 is 4.74 Å². The number of methoxy groups -OCH3 is 1. The summed E-state index contributed by atoms with van der Waals surface area (Å²) >= 11 is 0. The van der Waals surface area contributed by atoms with E-state index >= 15 is 0 Å². The van der Waals surface area contributed by atoms with Gasteiger partial charge in [-0.3, -0.25) is 0 Å². The van der Waals surface area contributed by atoms with Crippen LogP contribution >= 0.6 is 0 Å². The second-order valence-electron chi connectivity index (χ2n) is 3.36. The van der Waals surface area contributed by atoms with Gasteiger partial charge < -0.3 is 9.57 Å². The minimum absolute atomic E-state index is 0.425. The number of ether oxygens (including phenoxy) is 1. The zero-order chi connectivity index (χ0) is 10.7. The highest BCUT2D eigenvalue weighted by atomic mass is 19.1. The molecule has 4 heteroatoms. The van der Waals surface area contributed by atoms with Crippen LogP contribution in [0.25, 0.3) is 0 Å². The summed E-state index contributed by atoms with van der Waals surface area (Å²) < 4.78 is 17.4. The maximum absolute atomic E-state index is 12.3. The molecule has 0 aromatic heterocycles. The van der Waals surface area contributed by atoms with Gasteiger partial charge in [0.1, 0.15) is 12.4 Å². The SMILES string of the molecule is COc1cccc(C2=NOC(CF)C2)c1. The summed E-state index contributed by atoms with van der Waals surface area (Å²) in [6.07, 6.45) is 0.0927. The van der Waals surface area contributed by atoms with E-state index in [1.54, 1.807) is 7.11 Å². The monoisotopic (exact) mass is 209 g/mol. The quantitative estimate of drug-likeness (QED) is 0.763. The van der Waals surface area contributed by atoms with Gasteiger partial charge in [0.25, 0.3) is 0 Å². The Labute approximate surface area is 87.5 Å². The fraction of sp³-hybridized carbons (Fsp3) is 0.364. The van der Waals surface area contributed by atoms with E-state index in [1.165, 1.54) is 0 Å². The van der Waals surface area contributed by atoms with E-state index in [0.717, 1.165) is 17.0 Å². The average Bonchev–Trinajstić information content (AvgIpc) is 2.78. The van der Waals surface area contributed by atoms with Crippen LogP contribution in [-0.2, 0) is 4.84 Å². The molecule has 1 aromatic carbocycles. The molecule has 1 aliphatic rings. The molecule has 1 unspecified atom stereocenters. The fourth-order valence-corrected chi connectivity index (χ4v) is 1.48. The van der Waals surface area contributed by atoms with Gasteiger partial charge in [-0.1, -0.05) is 17.3 Å². The maximum Gasteiger partial charge on any atom is 0.161 e. The summed E-state index contributed by atoms with van der Waals surface area (Å²) in [4.78, 5) is 4.91. The number of alkyl halides is 1. The third-order valence-corrected chi connectivity index (χ3v) is 2.31. The van der Waals surface area contributed by atoms with Gasteiger partial charge in [0.05, 0.1) is 12.8 Å². The van der Waals surface area contributed by atoms with Crippen molar-refractivity contribution in [3.8, 4) is 5.75 Å². The topological polar surface area (TPSA) is 30.8 Å². The number of oxime groups is 1. The molecule has 0 N–H and O–H groups in total. The van der Waals surface area contributed by atoms with Crippen LogP contribution in [0.5, 0.6) is 5.75 Å².